The van der Waals surface area contributed by atoms with Gasteiger partial charge in [0.05, 0.1) is 37.2 Å². The second kappa shape index (κ2) is 7.47. The van der Waals surface area contributed by atoms with Gasteiger partial charge in [-0.1, -0.05) is 30.3 Å². The monoisotopic (exact) mass is 360 g/mol. The lowest BCUT2D eigenvalue weighted by Gasteiger charge is -2.20. The highest BCUT2D eigenvalue weighted by Gasteiger charge is 2.19. The van der Waals surface area contributed by atoms with Gasteiger partial charge in [-0.3, -0.25) is 5.41 Å². The molecule has 136 valence electrons. The summed E-state index contributed by atoms with van der Waals surface area (Å²) in [6, 6.07) is 15.6. The molecule has 2 heterocycles. The predicted octanol–water partition coefficient (Wildman–Crippen LogP) is 3.94. The van der Waals surface area contributed by atoms with Crippen LogP contribution < -0.4 is 5.73 Å². The van der Waals surface area contributed by atoms with Crippen molar-refractivity contribution < 1.29 is 9.15 Å². The Balaban J connectivity index is 1.71. The molecule has 0 fully saturated rings. The first-order valence-electron chi connectivity index (χ1n) is 8.69. The molecule has 6 nitrogen and oxygen atoms in total. The summed E-state index contributed by atoms with van der Waals surface area (Å²) >= 11 is 0. The molecule has 1 unspecified atom stereocenters. The topological polar surface area (TPSA) is 101 Å². The number of imidazole rings is 1. The molecular weight excluding hydrogens is 340 g/mol. The fraction of sp³-hybridized carbons (Fsp3) is 0.143. The van der Waals surface area contributed by atoms with Crippen LogP contribution in [0.2, 0.25) is 0 Å². The lowest BCUT2D eigenvalue weighted by atomic mass is 9.94. The third-order valence-electron chi connectivity index (χ3n) is 4.59. The van der Waals surface area contributed by atoms with Crippen molar-refractivity contribution in [3.8, 4) is 0 Å². The van der Waals surface area contributed by atoms with Crippen molar-refractivity contribution in [1.29, 1.82) is 5.41 Å². The molecule has 0 aliphatic carbocycles. The Morgan fingerprint density at radius 3 is 2.78 bits per heavy atom. The second-order valence-electron chi connectivity index (χ2n) is 6.33. The predicted molar refractivity (Wildman–Crippen MR) is 103 cm³/mol. The fourth-order valence-electron chi connectivity index (χ4n) is 3.26. The zero-order valence-electron chi connectivity index (χ0n) is 14.7. The summed E-state index contributed by atoms with van der Waals surface area (Å²) < 4.78 is 11.8. The third-order valence-corrected chi connectivity index (χ3v) is 4.59. The van der Waals surface area contributed by atoms with Crippen molar-refractivity contribution >= 4 is 16.8 Å². The number of amidine groups is 1. The molecule has 4 rings (SSSR count). The minimum absolute atomic E-state index is 0.0356. The number of rotatable bonds is 7. The zero-order chi connectivity index (χ0) is 18.6. The van der Waals surface area contributed by atoms with E-state index in [0.29, 0.717) is 18.6 Å². The Morgan fingerprint density at radius 1 is 1.19 bits per heavy atom. The molecule has 0 amide bonds. The van der Waals surface area contributed by atoms with E-state index in [2.05, 4.69) is 9.97 Å². The third kappa shape index (κ3) is 3.61. The summed E-state index contributed by atoms with van der Waals surface area (Å²) in [5.74, 6) is 0.0356. The number of benzene rings is 2. The molecular formula is C21H20N4O2. The molecule has 6 heteroatoms. The van der Waals surface area contributed by atoms with E-state index in [1.54, 1.807) is 18.8 Å². The SMILES string of the molecule is N=C(N)c1ccc2occc2c1CC(OCc1cnc[nH]1)c1ccccc1. The van der Waals surface area contributed by atoms with Gasteiger partial charge in [0.1, 0.15) is 11.4 Å². The van der Waals surface area contributed by atoms with Crippen molar-refractivity contribution in [1.82, 2.24) is 9.97 Å². The molecule has 27 heavy (non-hydrogen) atoms. The highest BCUT2D eigenvalue weighted by Crippen LogP contribution is 2.30. The van der Waals surface area contributed by atoms with Crippen LogP contribution in [-0.4, -0.2) is 15.8 Å². The van der Waals surface area contributed by atoms with Crippen molar-refractivity contribution in [3.05, 3.63) is 89.7 Å². The number of hydrogen-bond acceptors (Lipinski definition) is 4. The number of nitrogen functional groups attached to an aromatic ring is 1. The Morgan fingerprint density at radius 2 is 2.04 bits per heavy atom. The summed E-state index contributed by atoms with van der Waals surface area (Å²) in [5.41, 5.74) is 10.2. The lowest BCUT2D eigenvalue weighted by Crippen LogP contribution is -2.16. The van der Waals surface area contributed by atoms with Gasteiger partial charge >= 0.3 is 0 Å². The van der Waals surface area contributed by atoms with Crippen LogP contribution in [0.25, 0.3) is 11.0 Å². The summed E-state index contributed by atoms with van der Waals surface area (Å²) in [7, 11) is 0. The van der Waals surface area contributed by atoms with Crippen LogP contribution in [0.15, 0.2) is 71.7 Å². The number of nitrogens with one attached hydrogen (secondary N) is 2. The molecule has 2 aromatic heterocycles. The Labute approximate surface area is 156 Å². The number of aromatic amines is 1. The maximum absolute atomic E-state index is 7.96. The van der Waals surface area contributed by atoms with Crippen molar-refractivity contribution in [2.24, 2.45) is 5.73 Å². The van der Waals surface area contributed by atoms with Crippen LogP contribution in [0.5, 0.6) is 0 Å². The average Bonchev–Trinajstić information content (AvgIpc) is 3.37. The van der Waals surface area contributed by atoms with Gasteiger partial charge in [-0.2, -0.15) is 0 Å². The van der Waals surface area contributed by atoms with Crippen LogP contribution in [0.4, 0.5) is 0 Å². The first kappa shape index (κ1) is 17.1. The van der Waals surface area contributed by atoms with Gasteiger partial charge in [0, 0.05) is 17.4 Å². The quantitative estimate of drug-likeness (QED) is 0.343. The molecule has 1 atom stereocenters. The van der Waals surface area contributed by atoms with Gasteiger partial charge in [-0.15, -0.1) is 0 Å². The molecule has 0 aliphatic rings. The average molecular weight is 360 g/mol. The van der Waals surface area contributed by atoms with E-state index in [4.69, 9.17) is 20.3 Å². The van der Waals surface area contributed by atoms with Gasteiger partial charge in [0.15, 0.2) is 0 Å². The van der Waals surface area contributed by atoms with E-state index < -0.39 is 0 Å². The first-order valence-corrected chi connectivity index (χ1v) is 8.69. The van der Waals surface area contributed by atoms with E-state index in [1.165, 1.54) is 0 Å². The molecule has 2 aromatic carbocycles. The molecule has 4 aromatic rings. The maximum Gasteiger partial charge on any atom is 0.134 e. The molecule has 0 saturated heterocycles. The van der Waals surface area contributed by atoms with Gasteiger partial charge < -0.3 is 19.9 Å². The number of nitrogens with two attached hydrogens (primary N) is 1. The van der Waals surface area contributed by atoms with E-state index in [-0.39, 0.29) is 11.9 Å². The van der Waals surface area contributed by atoms with Crippen LogP contribution in [0.1, 0.15) is 28.5 Å². The summed E-state index contributed by atoms with van der Waals surface area (Å²) in [4.78, 5) is 7.09. The molecule has 0 radical (unpaired) electrons. The van der Waals surface area contributed by atoms with E-state index >= 15 is 0 Å². The molecule has 0 spiro atoms. The summed E-state index contributed by atoms with van der Waals surface area (Å²) in [5, 5.41) is 8.91. The van der Waals surface area contributed by atoms with Crippen molar-refractivity contribution in [2.45, 2.75) is 19.1 Å². The summed E-state index contributed by atoms with van der Waals surface area (Å²) in [6.07, 6.45) is 5.41. The first-order chi connectivity index (χ1) is 13.2. The Kier molecular flexibility index (Phi) is 4.72. The van der Waals surface area contributed by atoms with Gasteiger partial charge in [0.25, 0.3) is 0 Å². The van der Waals surface area contributed by atoms with Crippen LogP contribution >= 0.6 is 0 Å². The second-order valence-corrected chi connectivity index (χ2v) is 6.33. The van der Waals surface area contributed by atoms with E-state index in [9.17, 15) is 0 Å². The lowest BCUT2D eigenvalue weighted by molar-refractivity contribution is 0.0384. The van der Waals surface area contributed by atoms with Crippen LogP contribution in [-0.2, 0) is 17.8 Å². The summed E-state index contributed by atoms with van der Waals surface area (Å²) in [6.45, 7) is 0.413. The minimum atomic E-state index is -0.201. The number of hydrogen-bond donors (Lipinski definition) is 3. The van der Waals surface area contributed by atoms with Gasteiger partial charge in [-0.25, -0.2) is 4.98 Å². The Hall–Kier alpha value is -3.38. The smallest absolute Gasteiger partial charge is 0.134 e. The van der Waals surface area contributed by atoms with E-state index in [0.717, 1.165) is 27.8 Å². The van der Waals surface area contributed by atoms with E-state index in [1.807, 2.05) is 48.5 Å². The fourth-order valence-corrected chi connectivity index (χ4v) is 3.26. The number of ether oxygens (including phenoxy) is 1. The number of nitrogens with zero attached hydrogens (tertiary/aromatic N) is 1. The Bertz CT molecular complexity index is 1040. The highest BCUT2D eigenvalue weighted by atomic mass is 16.5. The number of furan rings is 1. The van der Waals surface area contributed by atoms with Crippen molar-refractivity contribution in [2.75, 3.05) is 0 Å². The number of fused-ring (bicyclic) bond motifs is 1. The zero-order valence-corrected chi connectivity index (χ0v) is 14.7. The standard InChI is InChI=1S/C21H20N4O2/c22-21(23)17-6-7-19-16(8-9-26-19)18(17)10-20(14-4-2-1-3-5-14)27-12-15-11-24-13-25-15/h1-9,11,13,20H,10,12H2,(H3,22,23)(H,24,25). The largest absolute Gasteiger partial charge is 0.464 e. The van der Waals surface area contributed by atoms with Gasteiger partial charge in [0.2, 0.25) is 0 Å². The number of aromatic nitrogens is 2. The van der Waals surface area contributed by atoms with Crippen LogP contribution in [0.3, 0.4) is 0 Å². The van der Waals surface area contributed by atoms with Crippen LogP contribution in [0, 0.1) is 5.41 Å². The van der Waals surface area contributed by atoms with Gasteiger partial charge in [-0.05, 0) is 29.3 Å². The molecule has 4 N–H and O–H groups in total. The minimum Gasteiger partial charge on any atom is -0.464 e. The molecule has 0 aliphatic heterocycles. The normalized spacial score (nSPS) is 12.3. The highest BCUT2D eigenvalue weighted by molar-refractivity contribution is 6.01. The molecule has 0 bridgehead atoms. The maximum atomic E-state index is 7.96. The van der Waals surface area contributed by atoms with Crippen molar-refractivity contribution in [3.63, 3.8) is 0 Å². The molecule has 0 saturated carbocycles. The number of H-pyrrole nitrogens is 1.